The highest BCUT2D eigenvalue weighted by Gasteiger charge is 2.34. The van der Waals surface area contributed by atoms with Gasteiger partial charge in [-0.15, -0.1) is 0 Å². The fourth-order valence-corrected chi connectivity index (χ4v) is 5.29. The molecule has 37 heavy (non-hydrogen) atoms. The Morgan fingerprint density at radius 2 is 1.86 bits per heavy atom. The van der Waals surface area contributed by atoms with Gasteiger partial charge in [0.2, 0.25) is 0 Å². The monoisotopic (exact) mass is 537 g/mol. The van der Waals surface area contributed by atoms with Crippen LogP contribution in [-0.4, -0.2) is 60.0 Å². The summed E-state index contributed by atoms with van der Waals surface area (Å²) in [7, 11) is 1.57. The number of aliphatic hydroxyl groups excluding tert-OH is 2. The van der Waals surface area contributed by atoms with Crippen LogP contribution in [0.2, 0.25) is 5.02 Å². The molecule has 1 aliphatic heterocycles. The lowest BCUT2D eigenvalue weighted by Gasteiger charge is -2.41. The first-order valence-corrected chi connectivity index (χ1v) is 12.6. The molecule has 0 spiro atoms. The first-order valence-electron chi connectivity index (χ1n) is 12.3. The lowest BCUT2D eigenvalue weighted by atomic mass is 9.74. The van der Waals surface area contributed by atoms with E-state index in [-0.39, 0.29) is 17.7 Å². The number of ether oxygens (including phenoxy) is 1. The van der Waals surface area contributed by atoms with Crippen LogP contribution in [0.1, 0.15) is 37.4 Å². The highest BCUT2D eigenvalue weighted by atomic mass is 35.5. The van der Waals surface area contributed by atoms with E-state index in [2.05, 4.69) is 15.2 Å². The topological polar surface area (TPSA) is 77.8 Å². The largest absolute Gasteiger partial charge is 0.497 e. The highest BCUT2D eigenvalue weighted by molar-refractivity contribution is 6.32. The number of nitrogens with one attached hydrogen (secondary N) is 1. The van der Waals surface area contributed by atoms with Gasteiger partial charge in [0, 0.05) is 49.0 Å². The summed E-state index contributed by atoms with van der Waals surface area (Å²) in [5, 5.41) is 25.2. The molecule has 3 aromatic rings. The van der Waals surface area contributed by atoms with Gasteiger partial charge in [-0.2, -0.15) is 0 Å². The molecule has 1 fully saturated rings. The summed E-state index contributed by atoms with van der Waals surface area (Å²) in [5.74, 6) is -2.24. The van der Waals surface area contributed by atoms with Crippen LogP contribution < -0.4 is 10.1 Å². The van der Waals surface area contributed by atoms with Crippen molar-refractivity contribution in [3.05, 3.63) is 64.6 Å². The smallest absolute Gasteiger partial charge is 0.152 e. The molecule has 4 rings (SSSR count). The van der Waals surface area contributed by atoms with Gasteiger partial charge in [-0.3, -0.25) is 4.98 Å². The van der Waals surface area contributed by atoms with Crippen molar-refractivity contribution >= 4 is 28.2 Å². The van der Waals surface area contributed by atoms with Crippen molar-refractivity contribution in [1.82, 2.24) is 9.88 Å². The number of aliphatic hydroxyl groups is 2. The Hall–Kier alpha value is -2.59. The third-order valence-electron chi connectivity index (χ3n) is 7.34. The van der Waals surface area contributed by atoms with E-state index in [9.17, 15) is 23.4 Å². The van der Waals surface area contributed by atoms with Gasteiger partial charge < -0.3 is 25.2 Å². The normalized spacial score (nSPS) is 16.6. The number of likely N-dealkylation sites (tertiary alicyclic amines) is 1. The number of piperidine rings is 1. The van der Waals surface area contributed by atoms with E-state index in [1.807, 2.05) is 12.1 Å². The lowest BCUT2D eigenvalue weighted by molar-refractivity contribution is 0.0248. The maximum atomic E-state index is 13.8. The van der Waals surface area contributed by atoms with E-state index in [4.69, 9.17) is 16.3 Å². The zero-order valence-corrected chi connectivity index (χ0v) is 21.4. The number of benzene rings is 2. The first-order chi connectivity index (χ1) is 17.7. The number of hydrogen-bond acceptors (Lipinski definition) is 6. The molecular weight excluding hydrogens is 507 g/mol. The predicted molar refractivity (Wildman–Crippen MR) is 137 cm³/mol. The maximum Gasteiger partial charge on any atom is 0.152 e. The van der Waals surface area contributed by atoms with Crippen LogP contribution in [-0.2, 0) is 0 Å². The molecule has 3 N–H and O–H groups in total. The molecule has 1 aliphatic rings. The lowest BCUT2D eigenvalue weighted by Crippen LogP contribution is -2.43. The van der Waals surface area contributed by atoms with Crippen molar-refractivity contribution < 1.29 is 28.1 Å². The first kappa shape index (κ1) is 27.4. The highest BCUT2D eigenvalue weighted by Crippen LogP contribution is 2.40. The molecule has 0 unspecified atom stereocenters. The molecule has 0 aliphatic carbocycles. The fraction of sp³-hybridized carbons (Fsp3) is 0.444. The second-order valence-corrected chi connectivity index (χ2v) is 10.0. The summed E-state index contributed by atoms with van der Waals surface area (Å²) < 4.78 is 46.1. The number of methoxy groups -OCH3 is 1. The number of pyridine rings is 1. The van der Waals surface area contributed by atoms with Gasteiger partial charge in [-0.1, -0.05) is 11.6 Å². The molecule has 2 heterocycles. The zero-order chi connectivity index (χ0) is 26.6. The molecule has 0 amide bonds. The molecule has 1 atom stereocenters. The Labute approximate surface area is 219 Å². The summed E-state index contributed by atoms with van der Waals surface area (Å²) >= 11 is 6.43. The number of nitrogens with zero attached hydrogens (tertiary/aromatic N) is 2. The summed E-state index contributed by atoms with van der Waals surface area (Å²) in [4.78, 5) is 6.49. The van der Waals surface area contributed by atoms with Gasteiger partial charge in [0.25, 0.3) is 0 Å². The van der Waals surface area contributed by atoms with Gasteiger partial charge in [-0.25, -0.2) is 13.2 Å². The Morgan fingerprint density at radius 1 is 1.16 bits per heavy atom. The fourth-order valence-electron chi connectivity index (χ4n) is 5.01. The molecule has 200 valence electrons. The molecule has 0 saturated carbocycles. The van der Waals surface area contributed by atoms with Crippen molar-refractivity contribution in [1.29, 1.82) is 0 Å². The Morgan fingerprint density at radius 3 is 2.51 bits per heavy atom. The van der Waals surface area contributed by atoms with Gasteiger partial charge >= 0.3 is 0 Å². The van der Waals surface area contributed by atoms with Crippen LogP contribution >= 0.6 is 11.6 Å². The standard InChI is InChI=1S/C27H31ClF3N3O3/c1-37-18-2-3-23-19(14-18)25(20(28)15-33-23)24(36)4-5-27(16-35)6-9-34(10-7-27)11-8-32-26-21(30)12-17(29)13-22(26)31/h2-3,12-15,24,32,35-36H,4-11,16H2,1H3/t24-/m0/s1. The predicted octanol–water partition coefficient (Wildman–Crippen LogP) is 5.31. The molecule has 6 nitrogen and oxygen atoms in total. The molecule has 0 radical (unpaired) electrons. The minimum Gasteiger partial charge on any atom is -0.497 e. The van der Waals surface area contributed by atoms with Crippen molar-refractivity contribution in [2.45, 2.75) is 31.8 Å². The summed E-state index contributed by atoms with van der Waals surface area (Å²) in [6.07, 6.45) is 3.15. The number of rotatable bonds is 10. The molecule has 1 aromatic heterocycles. The van der Waals surface area contributed by atoms with Crippen molar-refractivity contribution in [3.8, 4) is 5.75 Å². The quantitative estimate of drug-likeness (QED) is 0.325. The van der Waals surface area contributed by atoms with Crippen LogP contribution in [0.25, 0.3) is 10.9 Å². The Balaban J connectivity index is 1.33. The zero-order valence-electron chi connectivity index (χ0n) is 20.6. The number of hydrogen-bond donors (Lipinski definition) is 3. The van der Waals surface area contributed by atoms with Crippen molar-refractivity contribution in [2.75, 3.05) is 45.2 Å². The summed E-state index contributed by atoms with van der Waals surface area (Å²) in [6.45, 7) is 2.23. The number of anilines is 1. The molecule has 10 heteroatoms. The molecule has 0 bridgehead atoms. The summed E-state index contributed by atoms with van der Waals surface area (Å²) in [6, 6.07) is 6.73. The van der Waals surface area contributed by atoms with E-state index in [0.717, 1.165) is 5.39 Å². The second kappa shape index (κ2) is 11.9. The minimum atomic E-state index is -0.963. The van der Waals surface area contributed by atoms with E-state index in [1.165, 1.54) is 6.20 Å². The van der Waals surface area contributed by atoms with Crippen LogP contribution in [0, 0.1) is 22.9 Å². The molecule has 2 aromatic carbocycles. The third kappa shape index (κ3) is 6.29. The van der Waals surface area contributed by atoms with E-state index >= 15 is 0 Å². The molecule has 1 saturated heterocycles. The van der Waals surface area contributed by atoms with Crippen LogP contribution in [0.3, 0.4) is 0 Å². The van der Waals surface area contributed by atoms with Gasteiger partial charge in [-0.05, 0) is 62.4 Å². The van der Waals surface area contributed by atoms with E-state index in [0.29, 0.717) is 85.8 Å². The SMILES string of the molecule is COc1ccc2ncc(Cl)c([C@@H](O)CCC3(CO)CCN(CCNc4c(F)cc(F)cc4F)CC3)c2c1. The van der Waals surface area contributed by atoms with Crippen molar-refractivity contribution in [2.24, 2.45) is 5.41 Å². The Kier molecular flexibility index (Phi) is 8.79. The van der Waals surface area contributed by atoms with Crippen LogP contribution in [0.4, 0.5) is 18.9 Å². The average molecular weight is 538 g/mol. The van der Waals surface area contributed by atoms with Gasteiger partial charge in [0.15, 0.2) is 11.6 Å². The number of halogens is 4. The number of fused-ring (bicyclic) bond motifs is 1. The third-order valence-corrected chi connectivity index (χ3v) is 7.64. The molecular formula is C27H31ClF3N3O3. The van der Waals surface area contributed by atoms with E-state index in [1.54, 1.807) is 13.2 Å². The number of aromatic nitrogens is 1. The van der Waals surface area contributed by atoms with Crippen molar-refractivity contribution in [3.63, 3.8) is 0 Å². The average Bonchev–Trinajstić information content (AvgIpc) is 2.89. The van der Waals surface area contributed by atoms with Crippen LogP contribution in [0.15, 0.2) is 36.5 Å². The van der Waals surface area contributed by atoms with Gasteiger partial charge in [0.05, 0.1) is 23.8 Å². The van der Waals surface area contributed by atoms with Gasteiger partial charge in [0.1, 0.15) is 17.3 Å². The minimum absolute atomic E-state index is 0.00351. The second-order valence-electron chi connectivity index (χ2n) is 9.63. The van der Waals surface area contributed by atoms with Crippen LogP contribution in [0.5, 0.6) is 5.75 Å². The summed E-state index contributed by atoms with van der Waals surface area (Å²) in [5.41, 5.74) is 0.630. The van der Waals surface area contributed by atoms with E-state index < -0.39 is 23.6 Å². The Bertz CT molecular complexity index is 1220. The maximum absolute atomic E-state index is 13.8.